The van der Waals surface area contributed by atoms with Crippen LogP contribution in [0.3, 0.4) is 0 Å². The van der Waals surface area contributed by atoms with Crippen LogP contribution < -0.4 is 0 Å². The van der Waals surface area contributed by atoms with Crippen molar-refractivity contribution in [2.24, 2.45) is 4.99 Å². The van der Waals surface area contributed by atoms with Crippen molar-refractivity contribution in [3.8, 4) is 0 Å². The molecule has 9 nitrogen and oxygen atoms in total. The van der Waals surface area contributed by atoms with Crippen molar-refractivity contribution in [1.29, 1.82) is 0 Å². The predicted molar refractivity (Wildman–Crippen MR) is 91.5 cm³/mol. The summed E-state index contributed by atoms with van der Waals surface area (Å²) < 4.78 is 5.12. The Kier molecular flexibility index (Phi) is 4.27. The zero-order chi connectivity index (χ0) is 18.8. The Morgan fingerprint density at radius 1 is 1.04 bits per heavy atom. The molecule has 0 N–H and O–H groups in total. The van der Waals surface area contributed by atoms with Crippen molar-refractivity contribution in [3.05, 3.63) is 85.1 Å². The number of hydrogen-bond donors (Lipinski definition) is 0. The Labute approximate surface area is 146 Å². The summed E-state index contributed by atoms with van der Waals surface area (Å²) in [5.74, 6) is -0.728. The topological polar surface area (TPSA) is 125 Å². The monoisotopic (exact) mass is 353 g/mol. The number of carbonyl (C=O) groups excluding carboxylic acids is 1. The average Bonchev–Trinajstić information content (AvgIpc) is 2.95. The third-order valence-corrected chi connectivity index (χ3v) is 3.76. The zero-order valence-corrected chi connectivity index (χ0v) is 13.4. The number of benzene rings is 2. The van der Waals surface area contributed by atoms with Crippen LogP contribution in [-0.4, -0.2) is 21.7 Å². The first kappa shape index (κ1) is 17.0. The van der Waals surface area contributed by atoms with Gasteiger partial charge in [0.25, 0.3) is 11.4 Å². The van der Waals surface area contributed by atoms with Gasteiger partial charge in [-0.25, -0.2) is 9.79 Å². The maximum absolute atomic E-state index is 12.0. The molecule has 0 bridgehead atoms. The minimum atomic E-state index is -0.704. The molecule has 0 radical (unpaired) electrons. The summed E-state index contributed by atoms with van der Waals surface area (Å²) >= 11 is 0. The van der Waals surface area contributed by atoms with Crippen molar-refractivity contribution < 1.29 is 19.4 Å². The molecular weight excluding hydrogens is 342 g/mol. The van der Waals surface area contributed by atoms with E-state index in [0.717, 1.165) is 0 Å². The quantitative estimate of drug-likeness (QED) is 0.360. The van der Waals surface area contributed by atoms with Gasteiger partial charge in [-0.05, 0) is 36.8 Å². The van der Waals surface area contributed by atoms with Crippen LogP contribution in [0.4, 0.5) is 11.4 Å². The molecule has 3 rings (SSSR count). The molecule has 0 spiro atoms. The van der Waals surface area contributed by atoms with Gasteiger partial charge in [-0.15, -0.1) is 0 Å². The van der Waals surface area contributed by atoms with Gasteiger partial charge >= 0.3 is 5.97 Å². The van der Waals surface area contributed by atoms with E-state index >= 15 is 0 Å². The first-order valence-electron chi connectivity index (χ1n) is 7.38. The number of nitro groups is 2. The summed E-state index contributed by atoms with van der Waals surface area (Å²) in [5, 5.41) is 21.7. The Balaban J connectivity index is 1.96. The Morgan fingerprint density at radius 2 is 1.73 bits per heavy atom. The van der Waals surface area contributed by atoms with Gasteiger partial charge in [-0.1, -0.05) is 6.07 Å². The van der Waals surface area contributed by atoms with E-state index in [2.05, 4.69) is 4.99 Å². The molecule has 0 fully saturated rings. The van der Waals surface area contributed by atoms with E-state index in [1.54, 1.807) is 13.0 Å². The normalized spacial score (nSPS) is 14.9. The number of esters is 1. The molecule has 0 saturated carbocycles. The van der Waals surface area contributed by atoms with Crippen molar-refractivity contribution in [2.45, 2.75) is 6.92 Å². The third-order valence-electron chi connectivity index (χ3n) is 3.76. The van der Waals surface area contributed by atoms with Crippen LogP contribution in [0.15, 0.2) is 53.2 Å². The molecule has 0 aromatic heterocycles. The molecule has 9 heteroatoms. The fourth-order valence-electron chi connectivity index (χ4n) is 2.43. The molecule has 0 saturated heterocycles. The summed E-state index contributed by atoms with van der Waals surface area (Å²) in [6.07, 6.45) is 1.42. The molecule has 0 amide bonds. The lowest BCUT2D eigenvalue weighted by Gasteiger charge is -2.04. The summed E-state index contributed by atoms with van der Waals surface area (Å²) in [6.45, 7) is 1.54. The summed E-state index contributed by atoms with van der Waals surface area (Å²) in [6, 6.07) is 9.97. The Morgan fingerprint density at radius 3 is 2.35 bits per heavy atom. The molecular formula is C17H11N3O6. The van der Waals surface area contributed by atoms with Gasteiger partial charge < -0.3 is 4.74 Å². The van der Waals surface area contributed by atoms with Crippen molar-refractivity contribution in [3.63, 3.8) is 0 Å². The van der Waals surface area contributed by atoms with Crippen LogP contribution in [0.2, 0.25) is 0 Å². The van der Waals surface area contributed by atoms with E-state index in [9.17, 15) is 25.0 Å². The second-order valence-corrected chi connectivity index (χ2v) is 5.39. The van der Waals surface area contributed by atoms with Gasteiger partial charge in [-0.2, -0.15) is 0 Å². The number of nitro benzene ring substituents is 2. The Hall–Kier alpha value is -3.88. The average molecular weight is 353 g/mol. The first-order valence-corrected chi connectivity index (χ1v) is 7.38. The molecule has 2 aromatic rings. The number of cyclic esters (lactones) is 1. The number of nitrogens with zero attached hydrogens (tertiary/aromatic N) is 3. The minimum absolute atomic E-state index is 0.000223. The molecule has 0 atom stereocenters. The summed E-state index contributed by atoms with van der Waals surface area (Å²) in [7, 11) is 0. The van der Waals surface area contributed by atoms with E-state index in [4.69, 9.17) is 4.74 Å². The maximum atomic E-state index is 12.0. The van der Waals surface area contributed by atoms with Crippen LogP contribution in [0.25, 0.3) is 6.08 Å². The van der Waals surface area contributed by atoms with E-state index < -0.39 is 15.8 Å². The lowest BCUT2D eigenvalue weighted by atomic mass is 10.1. The number of ether oxygens (including phenoxy) is 1. The van der Waals surface area contributed by atoms with Crippen LogP contribution in [0.5, 0.6) is 0 Å². The highest BCUT2D eigenvalue weighted by Crippen LogP contribution is 2.26. The van der Waals surface area contributed by atoms with E-state index in [1.165, 1.54) is 42.5 Å². The van der Waals surface area contributed by atoms with Crippen LogP contribution in [0, 0.1) is 27.2 Å². The minimum Gasteiger partial charge on any atom is -0.402 e. The SMILES string of the molecule is Cc1c(C2=NC(=Cc3ccc([N+](=O)[O-])cc3)C(=O)O2)cccc1[N+](=O)[O-]. The van der Waals surface area contributed by atoms with Gasteiger partial charge in [-0.3, -0.25) is 20.2 Å². The highest BCUT2D eigenvalue weighted by atomic mass is 16.6. The largest absolute Gasteiger partial charge is 0.402 e. The second-order valence-electron chi connectivity index (χ2n) is 5.39. The number of carbonyl (C=O) groups is 1. The lowest BCUT2D eigenvalue weighted by Crippen LogP contribution is -2.08. The van der Waals surface area contributed by atoms with Crippen molar-refractivity contribution in [1.82, 2.24) is 0 Å². The highest BCUT2D eigenvalue weighted by molar-refractivity contribution is 6.13. The number of non-ortho nitro benzene ring substituents is 1. The third kappa shape index (κ3) is 3.18. The van der Waals surface area contributed by atoms with E-state index in [-0.39, 0.29) is 23.0 Å². The van der Waals surface area contributed by atoms with Crippen molar-refractivity contribution >= 4 is 29.3 Å². The van der Waals surface area contributed by atoms with Gasteiger partial charge in [0.1, 0.15) is 0 Å². The van der Waals surface area contributed by atoms with Gasteiger partial charge in [0.05, 0.1) is 9.85 Å². The van der Waals surface area contributed by atoms with Gasteiger partial charge in [0.2, 0.25) is 5.90 Å². The molecule has 26 heavy (non-hydrogen) atoms. The second kappa shape index (κ2) is 6.55. The Bertz CT molecular complexity index is 992. The summed E-state index contributed by atoms with van der Waals surface area (Å²) in [4.78, 5) is 36.8. The van der Waals surface area contributed by atoms with Gasteiger partial charge in [0, 0.05) is 29.3 Å². The number of hydrogen-bond acceptors (Lipinski definition) is 7. The zero-order valence-electron chi connectivity index (χ0n) is 13.4. The molecule has 2 aromatic carbocycles. The number of aliphatic imine (C=N–C) groups is 1. The number of rotatable bonds is 4. The first-order chi connectivity index (χ1) is 12.4. The molecule has 1 aliphatic heterocycles. The molecule has 0 unspecified atom stereocenters. The summed E-state index contributed by atoms with van der Waals surface area (Å²) in [5.41, 5.74) is 1.04. The van der Waals surface area contributed by atoms with Crippen LogP contribution in [-0.2, 0) is 9.53 Å². The fraction of sp³-hybridized carbons (Fsp3) is 0.0588. The highest BCUT2D eigenvalue weighted by Gasteiger charge is 2.27. The van der Waals surface area contributed by atoms with E-state index in [1.807, 2.05) is 0 Å². The fourth-order valence-corrected chi connectivity index (χ4v) is 2.43. The van der Waals surface area contributed by atoms with E-state index in [0.29, 0.717) is 16.7 Å². The lowest BCUT2D eigenvalue weighted by molar-refractivity contribution is -0.385. The molecule has 130 valence electrons. The van der Waals surface area contributed by atoms with Crippen molar-refractivity contribution in [2.75, 3.05) is 0 Å². The molecule has 1 heterocycles. The maximum Gasteiger partial charge on any atom is 0.363 e. The predicted octanol–water partition coefficient (Wildman–Crippen LogP) is 3.16. The van der Waals surface area contributed by atoms with Crippen LogP contribution >= 0.6 is 0 Å². The molecule has 0 aliphatic carbocycles. The molecule has 1 aliphatic rings. The van der Waals surface area contributed by atoms with Gasteiger partial charge in [0.15, 0.2) is 5.70 Å². The van der Waals surface area contributed by atoms with Crippen LogP contribution in [0.1, 0.15) is 16.7 Å². The smallest absolute Gasteiger partial charge is 0.363 e. The standard InChI is InChI=1S/C17H11N3O6/c1-10-13(3-2-4-15(10)20(24)25)16-18-14(17(21)26-16)9-11-5-7-12(8-6-11)19(22)23/h2-9H,1H3.